The number of nitrogen functional groups attached to an aromatic ring is 1. The number of aromatic nitrogens is 1. The van der Waals surface area contributed by atoms with Gasteiger partial charge in [0.15, 0.2) is 0 Å². The molecule has 1 aromatic carbocycles. The molecule has 2 rings (SSSR count). The summed E-state index contributed by atoms with van der Waals surface area (Å²) in [4.78, 5) is 4.28. The quantitative estimate of drug-likeness (QED) is 0.653. The fourth-order valence-electron chi connectivity index (χ4n) is 1.68. The number of rotatable bonds is 5. The van der Waals surface area contributed by atoms with Crippen LogP contribution in [0.25, 0.3) is 10.9 Å². The van der Waals surface area contributed by atoms with Gasteiger partial charge in [-0.2, -0.15) is 11.8 Å². The Morgan fingerprint density at radius 2 is 2.24 bits per heavy atom. The maximum atomic E-state index is 5.88. The largest absolute Gasteiger partial charge is 0.493 e. The second-order valence-corrected chi connectivity index (χ2v) is 4.73. The van der Waals surface area contributed by atoms with Gasteiger partial charge in [-0.15, -0.1) is 0 Å². The number of nitrogens with two attached hydrogens (primary N) is 1. The highest BCUT2D eigenvalue weighted by Crippen LogP contribution is 2.28. The molecule has 17 heavy (non-hydrogen) atoms. The van der Waals surface area contributed by atoms with E-state index in [1.807, 2.05) is 36.0 Å². The molecule has 2 aromatic rings. The Kier molecular flexibility index (Phi) is 4.09. The van der Waals surface area contributed by atoms with E-state index in [1.165, 1.54) is 0 Å². The molecule has 3 nitrogen and oxygen atoms in total. The molecule has 1 heterocycles. The van der Waals surface area contributed by atoms with Crippen LogP contribution < -0.4 is 10.5 Å². The van der Waals surface area contributed by atoms with Crippen LogP contribution in [0.4, 0.5) is 5.69 Å². The van der Waals surface area contributed by atoms with Gasteiger partial charge in [0.25, 0.3) is 0 Å². The Balaban J connectivity index is 2.20. The average Bonchev–Trinajstić information content (AvgIpc) is 2.37. The summed E-state index contributed by atoms with van der Waals surface area (Å²) < 4.78 is 5.77. The fourth-order valence-corrected chi connectivity index (χ4v) is 2.09. The minimum absolute atomic E-state index is 0.692. The van der Waals surface area contributed by atoms with E-state index in [-0.39, 0.29) is 0 Å². The average molecular weight is 248 g/mol. The lowest BCUT2D eigenvalue weighted by atomic mass is 10.2. The number of pyridine rings is 1. The summed E-state index contributed by atoms with van der Waals surface area (Å²) in [6.07, 6.45) is 4.89. The lowest BCUT2D eigenvalue weighted by Crippen LogP contribution is -2.00. The van der Waals surface area contributed by atoms with Gasteiger partial charge in [0.05, 0.1) is 17.8 Å². The molecule has 0 unspecified atom stereocenters. The smallest absolute Gasteiger partial charge is 0.128 e. The Bertz CT molecular complexity index is 502. The summed E-state index contributed by atoms with van der Waals surface area (Å²) in [5.41, 5.74) is 7.39. The van der Waals surface area contributed by atoms with Gasteiger partial charge in [0.1, 0.15) is 5.75 Å². The fraction of sp³-hybridized carbons (Fsp3) is 0.308. The molecule has 2 N–H and O–H groups in total. The standard InChI is InChI=1S/C13H16N2OS/c1-17-9-3-8-16-12-6-5-11(14)13-10(12)4-2-7-15-13/h2,4-7H,3,8-9,14H2,1H3. The summed E-state index contributed by atoms with van der Waals surface area (Å²) in [6, 6.07) is 7.65. The summed E-state index contributed by atoms with van der Waals surface area (Å²) >= 11 is 1.83. The van der Waals surface area contributed by atoms with Gasteiger partial charge >= 0.3 is 0 Å². The Morgan fingerprint density at radius 1 is 1.35 bits per heavy atom. The molecule has 0 atom stereocenters. The third kappa shape index (κ3) is 2.82. The van der Waals surface area contributed by atoms with Gasteiger partial charge in [-0.05, 0) is 42.7 Å². The van der Waals surface area contributed by atoms with Gasteiger partial charge in [-0.25, -0.2) is 0 Å². The first-order chi connectivity index (χ1) is 8.33. The molecule has 0 fully saturated rings. The zero-order chi connectivity index (χ0) is 12.1. The summed E-state index contributed by atoms with van der Waals surface area (Å²) in [5, 5.41) is 0.983. The van der Waals surface area contributed by atoms with Crippen LogP contribution in [-0.4, -0.2) is 23.6 Å². The summed E-state index contributed by atoms with van der Waals surface area (Å²) in [6.45, 7) is 0.731. The van der Waals surface area contributed by atoms with Crippen LogP contribution in [0, 0.1) is 0 Å². The zero-order valence-corrected chi connectivity index (χ0v) is 10.7. The van der Waals surface area contributed by atoms with E-state index in [9.17, 15) is 0 Å². The Labute approximate surface area is 105 Å². The van der Waals surface area contributed by atoms with Crippen molar-refractivity contribution in [2.24, 2.45) is 0 Å². The highest BCUT2D eigenvalue weighted by molar-refractivity contribution is 7.98. The molecule has 0 saturated carbocycles. The van der Waals surface area contributed by atoms with Crippen molar-refractivity contribution in [2.75, 3.05) is 24.3 Å². The van der Waals surface area contributed by atoms with Crippen LogP contribution in [0.2, 0.25) is 0 Å². The van der Waals surface area contributed by atoms with Crippen LogP contribution in [0.5, 0.6) is 5.75 Å². The van der Waals surface area contributed by atoms with Crippen molar-refractivity contribution in [3.05, 3.63) is 30.5 Å². The van der Waals surface area contributed by atoms with E-state index in [0.29, 0.717) is 5.69 Å². The molecule has 1 aromatic heterocycles. The molecule has 0 radical (unpaired) electrons. The highest BCUT2D eigenvalue weighted by atomic mass is 32.2. The topological polar surface area (TPSA) is 48.1 Å². The molecule has 0 spiro atoms. The minimum Gasteiger partial charge on any atom is -0.493 e. The van der Waals surface area contributed by atoms with E-state index < -0.39 is 0 Å². The number of ether oxygens (including phenoxy) is 1. The maximum absolute atomic E-state index is 5.88. The van der Waals surface area contributed by atoms with Crippen LogP contribution >= 0.6 is 11.8 Å². The van der Waals surface area contributed by atoms with Crippen LogP contribution in [0.15, 0.2) is 30.5 Å². The molecular formula is C13H16N2OS. The lowest BCUT2D eigenvalue weighted by Gasteiger charge is -2.09. The monoisotopic (exact) mass is 248 g/mol. The van der Waals surface area contributed by atoms with Crippen LogP contribution in [0.1, 0.15) is 6.42 Å². The van der Waals surface area contributed by atoms with Crippen molar-refractivity contribution in [3.8, 4) is 5.75 Å². The predicted molar refractivity (Wildman–Crippen MR) is 74.6 cm³/mol. The van der Waals surface area contributed by atoms with E-state index in [1.54, 1.807) is 6.20 Å². The van der Waals surface area contributed by atoms with Gasteiger partial charge in [-0.3, -0.25) is 4.98 Å². The number of anilines is 1. The molecule has 0 aliphatic rings. The van der Waals surface area contributed by atoms with Crippen molar-refractivity contribution in [2.45, 2.75) is 6.42 Å². The first-order valence-electron chi connectivity index (χ1n) is 5.58. The highest BCUT2D eigenvalue weighted by Gasteiger charge is 2.05. The maximum Gasteiger partial charge on any atom is 0.128 e. The SMILES string of the molecule is CSCCCOc1ccc(N)c2ncccc12. The third-order valence-corrected chi connectivity index (χ3v) is 3.21. The van der Waals surface area contributed by atoms with E-state index in [4.69, 9.17) is 10.5 Å². The molecule has 0 aliphatic heterocycles. The van der Waals surface area contributed by atoms with Gasteiger partial charge in [0.2, 0.25) is 0 Å². The second kappa shape index (κ2) is 5.77. The Morgan fingerprint density at radius 3 is 3.06 bits per heavy atom. The molecule has 0 bridgehead atoms. The Hall–Kier alpha value is -1.42. The number of hydrogen-bond acceptors (Lipinski definition) is 4. The number of hydrogen-bond donors (Lipinski definition) is 1. The van der Waals surface area contributed by atoms with Crippen molar-refractivity contribution in [3.63, 3.8) is 0 Å². The predicted octanol–water partition coefficient (Wildman–Crippen LogP) is 2.95. The van der Waals surface area contributed by atoms with Crippen molar-refractivity contribution < 1.29 is 4.74 Å². The molecule has 0 saturated heterocycles. The van der Waals surface area contributed by atoms with E-state index in [0.717, 1.165) is 35.4 Å². The summed E-state index contributed by atoms with van der Waals surface area (Å²) in [5.74, 6) is 1.98. The molecule has 0 amide bonds. The minimum atomic E-state index is 0.692. The normalized spacial score (nSPS) is 10.6. The second-order valence-electron chi connectivity index (χ2n) is 3.75. The van der Waals surface area contributed by atoms with E-state index in [2.05, 4.69) is 11.2 Å². The van der Waals surface area contributed by atoms with E-state index >= 15 is 0 Å². The zero-order valence-electron chi connectivity index (χ0n) is 9.85. The lowest BCUT2D eigenvalue weighted by molar-refractivity contribution is 0.322. The van der Waals surface area contributed by atoms with Crippen LogP contribution in [0.3, 0.4) is 0 Å². The first kappa shape index (κ1) is 12.0. The molecule has 4 heteroatoms. The molecular weight excluding hydrogens is 232 g/mol. The van der Waals surface area contributed by atoms with Crippen molar-refractivity contribution in [1.29, 1.82) is 0 Å². The van der Waals surface area contributed by atoms with Crippen molar-refractivity contribution in [1.82, 2.24) is 4.98 Å². The molecule has 0 aliphatic carbocycles. The number of benzene rings is 1. The van der Waals surface area contributed by atoms with Crippen LogP contribution in [-0.2, 0) is 0 Å². The summed E-state index contributed by atoms with van der Waals surface area (Å²) in [7, 11) is 0. The first-order valence-corrected chi connectivity index (χ1v) is 6.97. The number of nitrogens with zero attached hydrogens (tertiary/aromatic N) is 1. The van der Waals surface area contributed by atoms with Gasteiger partial charge in [0, 0.05) is 11.6 Å². The number of thioether (sulfide) groups is 1. The third-order valence-electron chi connectivity index (χ3n) is 2.51. The van der Waals surface area contributed by atoms with Gasteiger partial charge < -0.3 is 10.5 Å². The van der Waals surface area contributed by atoms with Gasteiger partial charge in [-0.1, -0.05) is 0 Å². The number of fused-ring (bicyclic) bond motifs is 1. The molecule has 90 valence electrons. The van der Waals surface area contributed by atoms with Crippen molar-refractivity contribution >= 4 is 28.4 Å².